The zero-order valence-electron chi connectivity index (χ0n) is 14.0. The van der Waals surface area contributed by atoms with E-state index in [9.17, 15) is 4.79 Å². The van der Waals surface area contributed by atoms with E-state index in [1.807, 2.05) is 0 Å². The summed E-state index contributed by atoms with van der Waals surface area (Å²) in [5, 5.41) is 0. The summed E-state index contributed by atoms with van der Waals surface area (Å²) < 4.78 is 0. The number of carbonyl (C=O) groups excluding carboxylic acids is 1. The molecule has 4 heteroatoms. The van der Waals surface area contributed by atoms with Crippen LogP contribution < -0.4 is 0 Å². The van der Waals surface area contributed by atoms with E-state index in [4.69, 9.17) is 0 Å². The van der Waals surface area contributed by atoms with Crippen LogP contribution in [0.15, 0.2) is 0 Å². The zero-order chi connectivity index (χ0) is 15.1. The summed E-state index contributed by atoms with van der Waals surface area (Å²) >= 11 is 0. The van der Waals surface area contributed by atoms with Gasteiger partial charge < -0.3 is 9.80 Å². The van der Waals surface area contributed by atoms with Crippen LogP contribution in [0.25, 0.3) is 0 Å². The Labute approximate surface area is 130 Å². The fourth-order valence-corrected chi connectivity index (χ4v) is 3.43. The van der Waals surface area contributed by atoms with Crippen molar-refractivity contribution in [2.24, 2.45) is 5.92 Å². The SMILES string of the molecule is CC(C)CN1CCN(CC(=O)N2CCCCCCC2)CC1. The highest BCUT2D eigenvalue weighted by Crippen LogP contribution is 2.11. The highest BCUT2D eigenvalue weighted by Gasteiger charge is 2.22. The first-order valence-electron chi connectivity index (χ1n) is 8.87. The second kappa shape index (κ2) is 8.74. The van der Waals surface area contributed by atoms with Gasteiger partial charge in [-0.1, -0.05) is 33.1 Å². The lowest BCUT2D eigenvalue weighted by Crippen LogP contribution is -2.50. The average molecular weight is 295 g/mol. The fourth-order valence-electron chi connectivity index (χ4n) is 3.43. The topological polar surface area (TPSA) is 26.8 Å². The molecule has 122 valence electrons. The molecule has 2 saturated heterocycles. The molecule has 4 nitrogen and oxygen atoms in total. The van der Waals surface area contributed by atoms with Gasteiger partial charge in [0.25, 0.3) is 0 Å². The van der Waals surface area contributed by atoms with E-state index in [1.165, 1.54) is 38.6 Å². The monoisotopic (exact) mass is 295 g/mol. The number of nitrogens with zero attached hydrogens (tertiary/aromatic N) is 3. The molecular weight excluding hydrogens is 262 g/mol. The summed E-state index contributed by atoms with van der Waals surface area (Å²) in [6, 6.07) is 0. The van der Waals surface area contributed by atoms with Gasteiger partial charge in [0.15, 0.2) is 0 Å². The molecule has 0 bridgehead atoms. The Morgan fingerprint density at radius 1 is 0.810 bits per heavy atom. The van der Waals surface area contributed by atoms with Crippen molar-refractivity contribution < 1.29 is 4.79 Å². The van der Waals surface area contributed by atoms with Gasteiger partial charge in [0.2, 0.25) is 5.91 Å². The Kier molecular flexibility index (Phi) is 6.97. The van der Waals surface area contributed by atoms with Gasteiger partial charge in [-0.05, 0) is 18.8 Å². The smallest absolute Gasteiger partial charge is 0.236 e. The lowest BCUT2D eigenvalue weighted by atomic mass is 10.1. The van der Waals surface area contributed by atoms with E-state index in [-0.39, 0.29) is 0 Å². The minimum absolute atomic E-state index is 0.356. The maximum Gasteiger partial charge on any atom is 0.236 e. The number of carbonyl (C=O) groups is 1. The molecule has 0 aromatic carbocycles. The first kappa shape index (κ1) is 16.8. The van der Waals surface area contributed by atoms with Crippen molar-refractivity contribution in [3.8, 4) is 0 Å². The van der Waals surface area contributed by atoms with Crippen LogP contribution in [0.1, 0.15) is 46.0 Å². The van der Waals surface area contributed by atoms with Crippen molar-refractivity contribution in [3.05, 3.63) is 0 Å². The van der Waals surface area contributed by atoms with Crippen molar-refractivity contribution in [1.29, 1.82) is 0 Å². The van der Waals surface area contributed by atoms with Crippen LogP contribution in [-0.2, 0) is 4.79 Å². The van der Waals surface area contributed by atoms with Crippen molar-refractivity contribution in [2.45, 2.75) is 46.0 Å². The van der Waals surface area contributed by atoms with Crippen LogP contribution in [0, 0.1) is 5.92 Å². The molecule has 1 amide bonds. The van der Waals surface area contributed by atoms with Gasteiger partial charge in [-0.15, -0.1) is 0 Å². The van der Waals surface area contributed by atoms with E-state index in [2.05, 4.69) is 28.5 Å². The van der Waals surface area contributed by atoms with Crippen LogP contribution in [0.4, 0.5) is 0 Å². The lowest BCUT2D eigenvalue weighted by Gasteiger charge is -2.36. The Hall–Kier alpha value is -0.610. The van der Waals surface area contributed by atoms with Gasteiger partial charge in [0.1, 0.15) is 0 Å². The molecule has 0 atom stereocenters. The highest BCUT2D eigenvalue weighted by atomic mass is 16.2. The Morgan fingerprint density at radius 3 is 1.90 bits per heavy atom. The van der Waals surface area contributed by atoms with E-state index >= 15 is 0 Å². The lowest BCUT2D eigenvalue weighted by molar-refractivity contribution is -0.133. The molecular formula is C17H33N3O. The molecule has 0 aliphatic carbocycles. The number of piperazine rings is 1. The van der Waals surface area contributed by atoms with E-state index < -0.39 is 0 Å². The third kappa shape index (κ3) is 5.95. The average Bonchev–Trinajstić information content (AvgIpc) is 2.40. The van der Waals surface area contributed by atoms with Crippen LogP contribution in [0.2, 0.25) is 0 Å². The predicted octanol–water partition coefficient (Wildman–Crippen LogP) is 2.05. The van der Waals surface area contributed by atoms with E-state index in [0.717, 1.165) is 45.2 Å². The largest absolute Gasteiger partial charge is 0.342 e. The number of hydrogen-bond donors (Lipinski definition) is 0. The van der Waals surface area contributed by atoms with Crippen LogP contribution in [0.5, 0.6) is 0 Å². The first-order chi connectivity index (χ1) is 10.1. The maximum atomic E-state index is 12.5. The number of amides is 1. The summed E-state index contributed by atoms with van der Waals surface area (Å²) in [6.45, 7) is 12.7. The quantitative estimate of drug-likeness (QED) is 0.794. The predicted molar refractivity (Wildman–Crippen MR) is 87.4 cm³/mol. The molecule has 2 aliphatic heterocycles. The second-order valence-corrected chi connectivity index (χ2v) is 7.12. The second-order valence-electron chi connectivity index (χ2n) is 7.12. The summed E-state index contributed by atoms with van der Waals surface area (Å²) in [7, 11) is 0. The molecule has 0 N–H and O–H groups in total. The number of likely N-dealkylation sites (tertiary alicyclic amines) is 1. The molecule has 2 heterocycles. The molecule has 2 fully saturated rings. The first-order valence-corrected chi connectivity index (χ1v) is 8.87. The number of rotatable bonds is 4. The summed E-state index contributed by atoms with van der Waals surface area (Å²) in [4.78, 5) is 19.4. The van der Waals surface area contributed by atoms with Gasteiger partial charge in [0, 0.05) is 45.8 Å². The minimum atomic E-state index is 0.356. The summed E-state index contributed by atoms with van der Waals surface area (Å²) in [5.74, 6) is 1.09. The zero-order valence-corrected chi connectivity index (χ0v) is 14.0. The van der Waals surface area contributed by atoms with Gasteiger partial charge in [-0.2, -0.15) is 0 Å². The van der Waals surface area contributed by atoms with Gasteiger partial charge >= 0.3 is 0 Å². The fraction of sp³-hybridized carbons (Fsp3) is 0.941. The van der Waals surface area contributed by atoms with E-state index in [0.29, 0.717) is 12.5 Å². The van der Waals surface area contributed by atoms with Crippen molar-refractivity contribution in [1.82, 2.24) is 14.7 Å². The summed E-state index contributed by atoms with van der Waals surface area (Å²) in [5.41, 5.74) is 0. The molecule has 0 spiro atoms. The Morgan fingerprint density at radius 2 is 1.33 bits per heavy atom. The van der Waals surface area contributed by atoms with Gasteiger partial charge in [-0.3, -0.25) is 9.69 Å². The van der Waals surface area contributed by atoms with Gasteiger partial charge in [-0.25, -0.2) is 0 Å². The normalized spacial score (nSPS) is 23.1. The highest BCUT2D eigenvalue weighted by molar-refractivity contribution is 5.78. The summed E-state index contributed by atoms with van der Waals surface area (Å²) in [6.07, 6.45) is 6.30. The minimum Gasteiger partial charge on any atom is -0.342 e. The van der Waals surface area contributed by atoms with E-state index in [1.54, 1.807) is 0 Å². The van der Waals surface area contributed by atoms with Crippen LogP contribution in [-0.4, -0.2) is 73.0 Å². The van der Waals surface area contributed by atoms with Crippen LogP contribution >= 0.6 is 0 Å². The molecule has 0 radical (unpaired) electrons. The van der Waals surface area contributed by atoms with Crippen LogP contribution in [0.3, 0.4) is 0 Å². The molecule has 0 aromatic heterocycles. The molecule has 21 heavy (non-hydrogen) atoms. The third-order valence-corrected chi connectivity index (χ3v) is 4.66. The molecule has 0 saturated carbocycles. The molecule has 0 unspecified atom stereocenters. The van der Waals surface area contributed by atoms with Crippen molar-refractivity contribution in [2.75, 3.05) is 52.4 Å². The molecule has 0 aromatic rings. The number of hydrogen-bond acceptors (Lipinski definition) is 3. The standard InChI is InChI=1S/C17H33N3O/c1-16(2)14-18-10-12-19(13-11-18)15-17(21)20-8-6-4-3-5-7-9-20/h16H,3-15H2,1-2H3. The molecule has 2 rings (SSSR count). The van der Waals surface area contributed by atoms with Crippen molar-refractivity contribution >= 4 is 5.91 Å². The maximum absolute atomic E-state index is 12.5. The Bertz CT molecular complexity index is 303. The van der Waals surface area contributed by atoms with Gasteiger partial charge in [0.05, 0.1) is 6.54 Å². The van der Waals surface area contributed by atoms with Crippen molar-refractivity contribution in [3.63, 3.8) is 0 Å². The third-order valence-electron chi connectivity index (χ3n) is 4.66. The Balaban J connectivity index is 1.70. The molecule has 2 aliphatic rings.